The van der Waals surface area contributed by atoms with E-state index in [1.54, 1.807) is 18.2 Å². The Hall–Kier alpha value is -1.62. The molecule has 2 N–H and O–H groups in total. The Labute approximate surface area is 105 Å². The predicted molar refractivity (Wildman–Crippen MR) is 64.2 cm³/mol. The summed E-state index contributed by atoms with van der Waals surface area (Å²) >= 11 is 0. The molecule has 0 saturated carbocycles. The Kier molecular flexibility index (Phi) is 3.81. The summed E-state index contributed by atoms with van der Waals surface area (Å²) in [4.78, 5) is 10.8. The molecule has 1 saturated heterocycles. The summed E-state index contributed by atoms with van der Waals surface area (Å²) in [6.45, 7) is 0. The van der Waals surface area contributed by atoms with Gasteiger partial charge in [-0.05, 0) is 30.9 Å². The van der Waals surface area contributed by atoms with Crippen molar-refractivity contribution in [3.05, 3.63) is 29.6 Å². The van der Waals surface area contributed by atoms with E-state index >= 15 is 0 Å². The molecule has 2 atom stereocenters. The van der Waals surface area contributed by atoms with Crippen molar-refractivity contribution in [1.82, 2.24) is 5.32 Å². The fraction of sp³-hybridized carbons (Fsp3) is 0.462. The number of halogens is 1. The Balaban J connectivity index is 2.05. The molecule has 0 bridgehead atoms. The molecule has 1 fully saturated rings. The van der Waals surface area contributed by atoms with Crippen molar-refractivity contribution in [2.45, 2.75) is 31.3 Å². The largest absolute Gasteiger partial charge is 0.494 e. The molecule has 1 aromatic rings. The van der Waals surface area contributed by atoms with E-state index in [9.17, 15) is 9.18 Å². The number of ether oxygens (including phenoxy) is 1. The van der Waals surface area contributed by atoms with Gasteiger partial charge in [-0.25, -0.2) is 4.39 Å². The second-order valence-electron chi connectivity index (χ2n) is 4.47. The molecule has 1 aliphatic rings. The van der Waals surface area contributed by atoms with Gasteiger partial charge in [0.1, 0.15) is 6.04 Å². The lowest BCUT2D eigenvalue weighted by atomic mass is 10.0. The fourth-order valence-electron chi connectivity index (χ4n) is 2.31. The molecule has 18 heavy (non-hydrogen) atoms. The van der Waals surface area contributed by atoms with E-state index < -0.39 is 12.0 Å². The highest BCUT2D eigenvalue weighted by Gasteiger charge is 2.29. The van der Waals surface area contributed by atoms with Crippen LogP contribution >= 0.6 is 0 Å². The van der Waals surface area contributed by atoms with E-state index in [2.05, 4.69) is 5.32 Å². The minimum atomic E-state index is -0.844. The normalized spacial score (nSPS) is 23.0. The Morgan fingerprint density at radius 2 is 2.33 bits per heavy atom. The molecule has 0 aliphatic carbocycles. The van der Waals surface area contributed by atoms with E-state index in [1.807, 2.05) is 0 Å². The SMILES string of the molecule is COc1cccc(CC2CCC(C(=O)O)N2)c1F. The molecule has 1 aliphatic heterocycles. The van der Waals surface area contributed by atoms with E-state index in [4.69, 9.17) is 9.84 Å². The van der Waals surface area contributed by atoms with Crippen molar-refractivity contribution in [1.29, 1.82) is 0 Å². The zero-order valence-corrected chi connectivity index (χ0v) is 10.1. The molecule has 98 valence electrons. The standard InChI is InChI=1S/C13H16FNO3/c1-18-11-4-2-3-8(12(11)14)7-9-5-6-10(15-9)13(16)17/h2-4,9-10,15H,5-7H2,1H3,(H,16,17). The van der Waals surface area contributed by atoms with Crippen molar-refractivity contribution in [3.63, 3.8) is 0 Å². The number of nitrogens with one attached hydrogen (secondary N) is 1. The molecule has 2 unspecified atom stereocenters. The zero-order chi connectivity index (χ0) is 13.1. The average Bonchev–Trinajstić information content (AvgIpc) is 2.80. The summed E-state index contributed by atoms with van der Waals surface area (Å²) < 4.78 is 18.8. The van der Waals surface area contributed by atoms with Gasteiger partial charge < -0.3 is 15.2 Å². The molecule has 0 spiro atoms. The number of carboxylic acids is 1. The van der Waals surface area contributed by atoms with Crippen LogP contribution in [0.1, 0.15) is 18.4 Å². The topological polar surface area (TPSA) is 58.6 Å². The first-order chi connectivity index (χ1) is 8.61. The fourth-order valence-corrected chi connectivity index (χ4v) is 2.31. The van der Waals surface area contributed by atoms with Gasteiger partial charge in [-0.2, -0.15) is 0 Å². The summed E-state index contributed by atoms with van der Waals surface area (Å²) in [7, 11) is 1.43. The summed E-state index contributed by atoms with van der Waals surface area (Å²) in [6, 6.07) is 4.51. The first-order valence-electron chi connectivity index (χ1n) is 5.92. The third-order valence-electron chi connectivity index (χ3n) is 3.27. The van der Waals surface area contributed by atoms with Crippen molar-refractivity contribution in [2.24, 2.45) is 0 Å². The van der Waals surface area contributed by atoms with E-state index in [0.29, 0.717) is 18.4 Å². The van der Waals surface area contributed by atoms with Gasteiger partial charge >= 0.3 is 5.97 Å². The highest BCUT2D eigenvalue weighted by molar-refractivity contribution is 5.73. The summed E-state index contributed by atoms with van der Waals surface area (Å²) in [5.74, 6) is -0.982. The lowest BCUT2D eigenvalue weighted by Crippen LogP contribution is -2.36. The number of carbonyl (C=O) groups is 1. The molecule has 4 nitrogen and oxygen atoms in total. The molecule has 0 radical (unpaired) electrons. The van der Waals surface area contributed by atoms with Crippen LogP contribution in [0.2, 0.25) is 0 Å². The summed E-state index contributed by atoms with van der Waals surface area (Å²) in [5.41, 5.74) is 0.554. The smallest absolute Gasteiger partial charge is 0.320 e. The van der Waals surface area contributed by atoms with E-state index in [-0.39, 0.29) is 17.6 Å². The van der Waals surface area contributed by atoms with Crippen molar-refractivity contribution >= 4 is 5.97 Å². The maximum atomic E-state index is 13.9. The van der Waals surface area contributed by atoms with E-state index in [1.165, 1.54) is 7.11 Å². The minimum Gasteiger partial charge on any atom is -0.494 e. The predicted octanol–water partition coefficient (Wildman–Crippen LogP) is 1.58. The van der Waals surface area contributed by atoms with Crippen LogP contribution in [0, 0.1) is 5.82 Å². The molecular weight excluding hydrogens is 237 g/mol. The third kappa shape index (κ3) is 2.61. The van der Waals surface area contributed by atoms with Gasteiger partial charge in [0, 0.05) is 6.04 Å². The molecule has 1 aromatic carbocycles. The minimum absolute atomic E-state index is 0.00714. The number of hydrogen-bond acceptors (Lipinski definition) is 3. The van der Waals surface area contributed by atoms with Crippen LogP contribution in [0.4, 0.5) is 4.39 Å². The van der Waals surface area contributed by atoms with E-state index in [0.717, 1.165) is 6.42 Å². The van der Waals surface area contributed by atoms with Crippen LogP contribution in [0.3, 0.4) is 0 Å². The van der Waals surface area contributed by atoms with Gasteiger partial charge in [0.2, 0.25) is 0 Å². The first kappa shape index (κ1) is 12.8. The van der Waals surface area contributed by atoms with Gasteiger partial charge in [-0.3, -0.25) is 4.79 Å². The third-order valence-corrected chi connectivity index (χ3v) is 3.27. The van der Waals surface area contributed by atoms with Crippen LogP contribution in [0.25, 0.3) is 0 Å². The van der Waals surface area contributed by atoms with Gasteiger partial charge in [0.25, 0.3) is 0 Å². The van der Waals surface area contributed by atoms with Crippen molar-refractivity contribution in [2.75, 3.05) is 7.11 Å². The van der Waals surface area contributed by atoms with Crippen molar-refractivity contribution in [3.8, 4) is 5.75 Å². The average molecular weight is 253 g/mol. The Bertz CT molecular complexity index is 450. The quantitative estimate of drug-likeness (QED) is 0.855. The lowest BCUT2D eigenvalue weighted by molar-refractivity contribution is -0.139. The first-order valence-corrected chi connectivity index (χ1v) is 5.92. The monoisotopic (exact) mass is 253 g/mol. The zero-order valence-electron chi connectivity index (χ0n) is 10.1. The molecule has 0 aromatic heterocycles. The number of methoxy groups -OCH3 is 1. The molecule has 5 heteroatoms. The van der Waals surface area contributed by atoms with Crippen LogP contribution in [-0.2, 0) is 11.2 Å². The second kappa shape index (κ2) is 5.35. The molecule has 0 amide bonds. The number of carboxylic acid groups (broad SMARTS) is 1. The maximum Gasteiger partial charge on any atom is 0.320 e. The number of aliphatic carboxylic acids is 1. The van der Waals surface area contributed by atoms with Crippen LogP contribution < -0.4 is 10.1 Å². The molecule has 1 heterocycles. The highest BCUT2D eigenvalue weighted by Crippen LogP contribution is 2.23. The summed E-state index contributed by atoms with van der Waals surface area (Å²) in [5, 5.41) is 11.9. The van der Waals surface area contributed by atoms with Gasteiger partial charge in [-0.15, -0.1) is 0 Å². The Morgan fingerprint density at radius 3 is 2.94 bits per heavy atom. The second-order valence-corrected chi connectivity index (χ2v) is 4.47. The van der Waals surface area contributed by atoms with Crippen molar-refractivity contribution < 1.29 is 19.0 Å². The van der Waals surface area contributed by atoms with Gasteiger partial charge in [-0.1, -0.05) is 12.1 Å². The molecular formula is C13H16FNO3. The number of hydrogen-bond donors (Lipinski definition) is 2. The van der Waals surface area contributed by atoms with Crippen LogP contribution in [0.5, 0.6) is 5.75 Å². The van der Waals surface area contributed by atoms with Crippen LogP contribution in [-0.4, -0.2) is 30.3 Å². The highest BCUT2D eigenvalue weighted by atomic mass is 19.1. The Morgan fingerprint density at radius 1 is 1.56 bits per heavy atom. The summed E-state index contributed by atoms with van der Waals surface area (Å²) in [6.07, 6.45) is 1.81. The van der Waals surface area contributed by atoms with Gasteiger partial charge in [0.05, 0.1) is 7.11 Å². The molecule has 2 rings (SSSR count). The maximum absolute atomic E-state index is 13.9. The number of rotatable bonds is 4. The lowest BCUT2D eigenvalue weighted by Gasteiger charge is -2.13. The number of benzene rings is 1. The van der Waals surface area contributed by atoms with Crippen LogP contribution in [0.15, 0.2) is 18.2 Å². The van der Waals surface area contributed by atoms with Gasteiger partial charge in [0.15, 0.2) is 11.6 Å².